The van der Waals surface area contributed by atoms with E-state index >= 15 is 0 Å². The Bertz CT molecular complexity index is 1590. The number of fused-ring (bicyclic) bond motifs is 2. The predicted octanol–water partition coefficient (Wildman–Crippen LogP) is 6.40. The number of nitrogens with zero attached hydrogens (tertiary/aromatic N) is 5. The van der Waals surface area contributed by atoms with E-state index in [1.165, 1.54) is 4.68 Å². The summed E-state index contributed by atoms with van der Waals surface area (Å²) in [7, 11) is 0. The third-order valence-electron chi connectivity index (χ3n) is 8.25. The first kappa shape index (κ1) is 28.1. The van der Waals surface area contributed by atoms with Crippen LogP contribution in [0.3, 0.4) is 0 Å². The molecule has 7 nitrogen and oxygen atoms in total. The molecule has 0 saturated carbocycles. The number of carbonyl (C=O) groups is 1. The molecule has 4 aromatic rings. The van der Waals surface area contributed by atoms with E-state index < -0.39 is 24.4 Å². The van der Waals surface area contributed by atoms with Gasteiger partial charge >= 0.3 is 5.97 Å². The Kier molecular flexibility index (Phi) is 7.78. The van der Waals surface area contributed by atoms with Gasteiger partial charge in [0.1, 0.15) is 17.9 Å². The van der Waals surface area contributed by atoms with Crippen molar-refractivity contribution >= 4 is 40.1 Å². The lowest BCUT2D eigenvalue weighted by Crippen LogP contribution is -2.40. The molecule has 0 N–H and O–H groups in total. The van der Waals surface area contributed by atoms with Crippen molar-refractivity contribution in [2.45, 2.75) is 57.5 Å². The molecule has 41 heavy (non-hydrogen) atoms. The molecule has 216 valence electrons. The van der Waals surface area contributed by atoms with Crippen molar-refractivity contribution < 1.29 is 18.3 Å². The molecule has 4 heterocycles. The molecule has 1 unspecified atom stereocenters. The summed E-state index contributed by atoms with van der Waals surface area (Å²) in [5.74, 6) is -0.691. The van der Waals surface area contributed by atoms with Crippen molar-refractivity contribution in [1.82, 2.24) is 24.2 Å². The Morgan fingerprint density at radius 2 is 1.95 bits per heavy atom. The number of ether oxygens (including phenoxy) is 1. The van der Waals surface area contributed by atoms with Crippen LogP contribution in [0.4, 0.5) is 8.78 Å². The minimum Gasteiger partial charge on any atom is -0.464 e. The molecule has 0 radical (unpaired) electrons. The highest BCUT2D eigenvalue weighted by Gasteiger charge is 2.35. The predicted molar refractivity (Wildman–Crippen MR) is 155 cm³/mol. The normalized spacial score (nSPS) is 21.8. The number of halogens is 4. The molecular formula is C30H31Cl2F2N5O2. The fraction of sp³-hybridized carbons (Fsp3) is 0.433. The molecule has 11 heteroatoms. The van der Waals surface area contributed by atoms with Crippen LogP contribution < -0.4 is 0 Å². The van der Waals surface area contributed by atoms with Crippen molar-refractivity contribution in [1.29, 1.82) is 0 Å². The van der Waals surface area contributed by atoms with Crippen LogP contribution in [0.5, 0.6) is 0 Å². The molecular weight excluding hydrogens is 571 g/mol. The molecule has 2 aromatic carbocycles. The molecule has 2 aromatic heterocycles. The number of hydrogen-bond acceptors (Lipinski definition) is 5. The average molecular weight is 603 g/mol. The maximum absolute atomic E-state index is 14.9. The lowest BCUT2D eigenvalue weighted by molar-refractivity contribution is -0.146. The fourth-order valence-electron chi connectivity index (χ4n) is 6.09. The van der Waals surface area contributed by atoms with Gasteiger partial charge in [-0.3, -0.25) is 4.68 Å². The fourth-order valence-corrected chi connectivity index (χ4v) is 6.64. The first-order valence-corrected chi connectivity index (χ1v) is 14.7. The number of alkyl halides is 2. The van der Waals surface area contributed by atoms with Gasteiger partial charge in [-0.15, -0.1) is 0 Å². The van der Waals surface area contributed by atoms with Crippen LogP contribution in [0.2, 0.25) is 10.0 Å². The molecule has 6 rings (SSSR count). The SMILES string of the molecule is CCOC(=O)C(c1ncn2c1C[C@@H](F)C2)n1cc2c(Cl)cc(-c3ccc([C@@H]4CCN(CC)C[C@H]4F)cc3)c(Cl)c2n1. The molecule has 0 bridgehead atoms. The molecule has 0 aliphatic carbocycles. The van der Waals surface area contributed by atoms with E-state index in [1.54, 1.807) is 30.1 Å². The number of aromatic nitrogens is 4. The summed E-state index contributed by atoms with van der Waals surface area (Å²) in [4.78, 5) is 19.7. The number of hydrogen-bond donors (Lipinski definition) is 0. The lowest BCUT2D eigenvalue weighted by Gasteiger charge is -2.34. The molecule has 0 amide bonds. The van der Waals surface area contributed by atoms with Gasteiger partial charge in [-0.25, -0.2) is 18.6 Å². The van der Waals surface area contributed by atoms with Gasteiger partial charge in [0.2, 0.25) is 0 Å². The molecule has 1 saturated heterocycles. The molecule has 2 aliphatic heterocycles. The standard InChI is InChI=1S/C30H31Cl2F2N5O2/c1-3-37-10-9-20(24(34)15-37)17-5-7-18(8-6-17)21-12-23(31)22-14-39(36-27(22)26(21)32)29(30(40)41-4-2)28-25-11-19(33)13-38(25)16-35-28/h5-8,12,14,16,19-20,24,29H,3-4,9-11,13,15H2,1-2H3/t19-,20+,24-,29?/m1/s1. The lowest BCUT2D eigenvalue weighted by atomic mass is 9.87. The number of piperidine rings is 1. The smallest absolute Gasteiger partial charge is 0.337 e. The van der Waals surface area contributed by atoms with E-state index in [9.17, 15) is 13.6 Å². The Morgan fingerprint density at radius 1 is 1.17 bits per heavy atom. The monoisotopic (exact) mass is 601 g/mol. The summed E-state index contributed by atoms with van der Waals surface area (Å²) < 4.78 is 37.6. The number of rotatable bonds is 7. The van der Waals surface area contributed by atoms with Crippen molar-refractivity contribution in [3.05, 3.63) is 69.9 Å². The Hall–Kier alpha value is -3.01. The van der Waals surface area contributed by atoms with Crippen molar-refractivity contribution in [2.24, 2.45) is 0 Å². The quantitative estimate of drug-likeness (QED) is 0.229. The van der Waals surface area contributed by atoms with Gasteiger partial charge in [0, 0.05) is 41.7 Å². The Labute approximate surface area is 247 Å². The highest BCUT2D eigenvalue weighted by molar-refractivity contribution is 6.42. The maximum atomic E-state index is 14.9. The van der Waals surface area contributed by atoms with E-state index in [-0.39, 0.29) is 25.5 Å². The van der Waals surface area contributed by atoms with Crippen LogP contribution in [0, 0.1) is 0 Å². The molecule has 1 fully saturated rings. The average Bonchev–Trinajstić information content (AvgIpc) is 3.67. The highest BCUT2D eigenvalue weighted by Crippen LogP contribution is 2.40. The first-order valence-electron chi connectivity index (χ1n) is 14.0. The molecule has 2 aliphatic rings. The number of benzene rings is 2. The zero-order chi connectivity index (χ0) is 28.8. The third-order valence-corrected chi connectivity index (χ3v) is 8.94. The largest absolute Gasteiger partial charge is 0.464 e. The summed E-state index contributed by atoms with van der Waals surface area (Å²) in [5, 5.41) is 6.03. The van der Waals surface area contributed by atoms with Gasteiger partial charge < -0.3 is 14.2 Å². The van der Waals surface area contributed by atoms with Gasteiger partial charge in [-0.1, -0.05) is 54.4 Å². The Morgan fingerprint density at radius 3 is 2.66 bits per heavy atom. The summed E-state index contributed by atoms with van der Waals surface area (Å²) in [5.41, 5.74) is 3.92. The molecule has 0 spiro atoms. The van der Waals surface area contributed by atoms with Crippen molar-refractivity contribution in [3.8, 4) is 11.1 Å². The van der Waals surface area contributed by atoms with E-state index in [4.69, 9.17) is 27.9 Å². The number of esters is 1. The summed E-state index contributed by atoms with van der Waals surface area (Å²) in [6, 6.07) is 8.51. The van der Waals surface area contributed by atoms with Gasteiger partial charge in [-0.2, -0.15) is 5.10 Å². The number of imidazole rings is 1. The van der Waals surface area contributed by atoms with Crippen LogP contribution in [0.1, 0.15) is 49.2 Å². The van der Waals surface area contributed by atoms with E-state index in [2.05, 4.69) is 21.9 Å². The summed E-state index contributed by atoms with van der Waals surface area (Å²) in [6.07, 6.45) is 2.18. The minimum atomic E-state index is -1.04. The topological polar surface area (TPSA) is 65.2 Å². The number of likely N-dealkylation sites (tertiary alicyclic amines) is 1. The second-order valence-corrected chi connectivity index (χ2v) is 11.5. The van der Waals surface area contributed by atoms with Crippen LogP contribution >= 0.6 is 23.2 Å². The van der Waals surface area contributed by atoms with Gasteiger partial charge in [0.15, 0.2) is 6.04 Å². The Balaban J connectivity index is 1.35. The van der Waals surface area contributed by atoms with Gasteiger partial charge in [0.05, 0.1) is 35.2 Å². The van der Waals surface area contributed by atoms with Crippen LogP contribution in [-0.2, 0) is 22.5 Å². The van der Waals surface area contributed by atoms with Crippen LogP contribution in [0.15, 0.2) is 42.9 Å². The minimum absolute atomic E-state index is 0.138. The summed E-state index contributed by atoms with van der Waals surface area (Å²) in [6.45, 7) is 6.32. The van der Waals surface area contributed by atoms with Crippen molar-refractivity contribution in [2.75, 3.05) is 26.2 Å². The van der Waals surface area contributed by atoms with E-state index in [0.717, 1.165) is 30.6 Å². The zero-order valence-corrected chi connectivity index (χ0v) is 24.4. The van der Waals surface area contributed by atoms with Gasteiger partial charge in [-0.05, 0) is 43.6 Å². The molecule has 4 atom stereocenters. The first-order chi connectivity index (χ1) is 19.8. The second-order valence-electron chi connectivity index (χ2n) is 10.7. The van der Waals surface area contributed by atoms with Crippen LogP contribution in [0.25, 0.3) is 22.0 Å². The second kappa shape index (κ2) is 11.3. The summed E-state index contributed by atoms with van der Waals surface area (Å²) >= 11 is 13.6. The van der Waals surface area contributed by atoms with E-state index in [1.807, 2.05) is 24.3 Å². The van der Waals surface area contributed by atoms with Gasteiger partial charge in [0.25, 0.3) is 0 Å². The van der Waals surface area contributed by atoms with Crippen molar-refractivity contribution in [3.63, 3.8) is 0 Å². The zero-order valence-electron chi connectivity index (χ0n) is 22.9. The third kappa shape index (κ3) is 5.13. The highest BCUT2D eigenvalue weighted by atomic mass is 35.5. The number of carbonyl (C=O) groups excluding carboxylic acids is 1. The van der Waals surface area contributed by atoms with Crippen LogP contribution in [-0.4, -0.2) is 68.8 Å². The van der Waals surface area contributed by atoms with E-state index in [0.29, 0.717) is 44.4 Å². The maximum Gasteiger partial charge on any atom is 0.337 e.